The number of aromatic nitrogens is 3. The number of nitrogens with one attached hydrogen (secondary N) is 2. The molecule has 2 heterocycles. The van der Waals surface area contributed by atoms with Gasteiger partial charge in [0.15, 0.2) is 5.82 Å². The number of thioether (sulfide) groups is 1. The van der Waals surface area contributed by atoms with Gasteiger partial charge in [-0.05, 0) is 50.1 Å². The van der Waals surface area contributed by atoms with E-state index in [1.165, 1.54) is 11.8 Å². The van der Waals surface area contributed by atoms with Gasteiger partial charge < -0.3 is 15.5 Å². The Morgan fingerprint density at radius 3 is 2.49 bits per heavy atom. The lowest BCUT2D eigenvalue weighted by molar-refractivity contribution is -0.116. The van der Waals surface area contributed by atoms with Crippen molar-refractivity contribution in [2.24, 2.45) is 0 Å². The molecule has 5 rings (SSSR count). The Balaban J connectivity index is 1.42. The summed E-state index contributed by atoms with van der Waals surface area (Å²) in [5.74, 6) is 1.31. The number of rotatable bonds is 6. The number of anilines is 1. The molecule has 8 heteroatoms. The number of para-hydroxylation sites is 1. The van der Waals surface area contributed by atoms with Gasteiger partial charge in [0, 0.05) is 5.69 Å². The standard InChI is InChI=1S/C27H27N5O2S/c1-17-9-12-20(13-10-17)24-25(26(33)28-22-14-11-18(2)15-19(22)3)35-27-30-29-23(32(27)31-24)16-34-21-7-5-4-6-8-21/h4-15,24-25,31H,16H2,1-3H3,(H,28,33)/t24-,25+/m1/s1. The molecule has 1 aromatic heterocycles. The summed E-state index contributed by atoms with van der Waals surface area (Å²) in [5, 5.41) is 12.0. The van der Waals surface area contributed by atoms with Gasteiger partial charge in [-0.15, -0.1) is 10.2 Å². The monoisotopic (exact) mass is 485 g/mol. The van der Waals surface area contributed by atoms with E-state index in [2.05, 4.69) is 51.3 Å². The Hall–Kier alpha value is -3.78. The Bertz CT molecular complexity index is 1340. The van der Waals surface area contributed by atoms with Gasteiger partial charge >= 0.3 is 0 Å². The molecule has 178 valence electrons. The predicted octanol–water partition coefficient (Wildman–Crippen LogP) is 5.18. The summed E-state index contributed by atoms with van der Waals surface area (Å²) in [6.45, 7) is 6.35. The van der Waals surface area contributed by atoms with Crippen LogP contribution in [0.3, 0.4) is 0 Å². The van der Waals surface area contributed by atoms with E-state index in [0.29, 0.717) is 11.0 Å². The molecule has 3 aromatic carbocycles. The first-order valence-corrected chi connectivity index (χ1v) is 12.4. The molecule has 0 saturated carbocycles. The quantitative estimate of drug-likeness (QED) is 0.392. The third kappa shape index (κ3) is 5.02. The molecule has 0 aliphatic carbocycles. The van der Waals surface area contributed by atoms with E-state index in [9.17, 15) is 4.79 Å². The van der Waals surface area contributed by atoms with Crippen molar-refractivity contribution in [3.05, 3.63) is 101 Å². The van der Waals surface area contributed by atoms with Crippen molar-refractivity contribution in [2.75, 3.05) is 10.7 Å². The first kappa shape index (κ1) is 23.0. The van der Waals surface area contributed by atoms with Gasteiger partial charge in [0.1, 0.15) is 17.6 Å². The number of hydrogen-bond donors (Lipinski definition) is 2. The van der Waals surface area contributed by atoms with Crippen LogP contribution in [0.5, 0.6) is 5.75 Å². The van der Waals surface area contributed by atoms with Crippen LogP contribution in [0.2, 0.25) is 0 Å². The molecule has 0 spiro atoms. The van der Waals surface area contributed by atoms with Crippen LogP contribution in [0.1, 0.15) is 34.1 Å². The lowest BCUT2D eigenvalue weighted by atomic mass is 10.0. The largest absolute Gasteiger partial charge is 0.486 e. The van der Waals surface area contributed by atoms with E-state index in [0.717, 1.165) is 33.7 Å². The van der Waals surface area contributed by atoms with Crippen LogP contribution in [-0.4, -0.2) is 26.0 Å². The van der Waals surface area contributed by atoms with Gasteiger partial charge in [-0.2, -0.15) is 0 Å². The van der Waals surface area contributed by atoms with Gasteiger partial charge in [-0.1, -0.05) is 77.5 Å². The van der Waals surface area contributed by atoms with Crippen LogP contribution >= 0.6 is 11.8 Å². The molecule has 2 N–H and O–H groups in total. The fourth-order valence-electron chi connectivity index (χ4n) is 4.04. The lowest BCUT2D eigenvalue weighted by Gasteiger charge is -2.33. The number of hydrogen-bond acceptors (Lipinski definition) is 6. The first-order valence-electron chi connectivity index (χ1n) is 11.5. The van der Waals surface area contributed by atoms with Crippen LogP contribution in [0, 0.1) is 20.8 Å². The smallest absolute Gasteiger partial charge is 0.240 e. The Morgan fingerprint density at radius 2 is 1.74 bits per heavy atom. The molecule has 0 unspecified atom stereocenters. The minimum Gasteiger partial charge on any atom is -0.486 e. The maximum atomic E-state index is 13.5. The second-order valence-corrected chi connectivity index (χ2v) is 9.81. The molecule has 2 atom stereocenters. The van der Waals surface area contributed by atoms with E-state index in [1.54, 1.807) is 0 Å². The second kappa shape index (κ2) is 9.84. The van der Waals surface area contributed by atoms with Crippen molar-refractivity contribution in [2.45, 2.75) is 43.8 Å². The fourth-order valence-corrected chi connectivity index (χ4v) is 5.14. The molecule has 0 fully saturated rings. The minimum atomic E-state index is -0.446. The van der Waals surface area contributed by atoms with E-state index in [4.69, 9.17) is 4.74 Å². The molecular weight excluding hydrogens is 458 g/mol. The Labute approximate surface area is 208 Å². The normalized spacial score (nSPS) is 16.8. The van der Waals surface area contributed by atoms with E-state index in [-0.39, 0.29) is 18.6 Å². The first-order chi connectivity index (χ1) is 17.0. The van der Waals surface area contributed by atoms with E-state index < -0.39 is 5.25 Å². The fraction of sp³-hybridized carbons (Fsp3) is 0.222. The summed E-state index contributed by atoms with van der Waals surface area (Å²) in [6.07, 6.45) is 0. The zero-order chi connectivity index (χ0) is 24.4. The number of fused-ring (bicyclic) bond motifs is 1. The molecule has 0 bridgehead atoms. The van der Waals surface area contributed by atoms with E-state index in [1.807, 2.05) is 67.9 Å². The van der Waals surface area contributed by atoms with Crippen LogP contribution in [-0.2, 0) is 11.4 Å². The van der Waals surface area contributed by atoms with Crippen LogP contribution in [0.15, 0.2) is 78.0 Å². The highest BCUT2D eigenvalue weighted by Gasteiger charge is 2.38. The van der Waals surface area contributed by atoms with Gasteiger partial charge in [-0.25, -0.2) is 4.68 Å². The van der Waals surface area contributed by atoms with Crippen molar-refractivity contribution in [1.82, 2.24) is 14.9 Å². The molecule has 35 heavy (non-hydrogen) atoms. The zero-order valence-electron chi connectivity index (χ0n) is 19.9. The number of nitrogens with zero attached hydrogens (tertiary/aromatic N) is 3. The van der Waals surface area contributed by atoms with Gasteiger partial charge in [-0.3, -0.25) is 4.79 Å². The highest BCUT2D eigenvalue weighted by atomic mass is 32.2. The van der Waals surface area contributed by atoms with Crippen molar-refractivity contribution in [1.29, 1.82) is 0 Å². The number of ether oxygens (including phenoxy) is 1. The van der Waals surface area contributed by atoms with Crippen LogP contribution < -0.4 is 15.5 Å². The predicted molar refractivity (Wildman–Crippen MR) is 138 cm³/mol. The number of carbonyl (C=O) groups is 1. The van der Waals surface area contributed by atoms with Crippen molar-refractivity contribution >= 4 is 23.4 Å². The Kier molecular flexibility index (Phi) is 6.46. The second-order valence-electron chi connectivity index (χ2n) is 8.70. The molecule has 7 nitrogen and oxygen atoms in total. The topological polar surface area (TPSA) is 81.1 Å². The summed E-state index contributed by atoms with van der Waals surface area (Å²) >= 11 is 1.40. The summed E-state index contributed by atoms with van der Waals surface area (Å²) in [6, 6.07) is 23.6. The van der Waals surface area contributed by atoms with Gasteiger partial charge in [0.05, 0.1) is 6.04 Å². The maximum Gasteiger partial charge on any atom is 0.240 e. The zero-order valence-corrected chi connectivity index (χ0v) is 20.7. The van der Waals surface area contributed by atoms with Crippen molar-refractivity contribution < 1.29 is 9.53 Å². The number of carbonyl (C=O) groups excluding carboxylic acids is 1. The van der Waals surface area contributed by atoms with Crippen LogP contribution in [0.25, 0.3) is 0 Å². The summed E-state index contributed by atoms with van der Waals surface area (Å²) < 4.78 is 7.73. The van der Waals surface area contributed by atoms with Crippen molar-refractivity contribution in [3.8, 4) is 5.75 Å². The SMILES string of the molecule is Cc1ccc([C@H]2Nn3c(COc4ccccc4)nnc3S[C@@H]2C(=O)Nc2ccc(C)cc2C)cc1. The minimum absolute atomic E-state index is 0.0867. The molecule has 4 aromatic rings. The van der Waals surface area contributed by atoms with Crippen molar-refractivity contribution in [3.63, 3.8) is 0 Å². The van der Waals surface area contributed by atoms with Crippen LogP contribution in [0.4, 0.5) is 5.69 Å². The molecular formula is C27H27N5O2S. The average molecular weight is 486 g/mol. The molecule has 0 saturated heterocycles. The summed E-state index contributed by atoms with van der Waals surface area (Å²) in [5.41, 5.74) is 8.66. The van der Waals surface area contributed by atoms with Gasteiger partial charge in [0.2, 0.25) is 11.1 Å². The number of aryl methyl sites for hydroxylation is 3. The summed E-state index contributed by atoms with van der Waals surface area (Å²) in [7, 11) is 0. The lowest BCUT2D eigenvalue weighted by Crippen LogP contribution is -2.41. The third-order valence-corrected chi connectivity index (χ3v) is 7.16. The van der Waals surface area contributed by atoms with E-state index >= 15 is 0 Å². The van der Waals surface area contributed by atoms with Gasteiger partial charge in [0.25, 0.3) is 0 Å². The number of amides is 1. The Morgan fingerprint density at radius 1 is 1.00 bits per heavy atom. The number of benzene rings is 3. The summed E-state index contributed by atoms with van der Waals surface area (Å²) in [4.78, 5) is 13.5. The highest BCUT2D eigenvalue weighted by Crippen LogP contribution is 2.38. The average Bonchev–Trinajstić information content (AvgIpc) is 3.26. The highest BCUT2D eigenvalue weighted by molar-refractivity contribution is 8.00. The molecule has 0 radical (unpaired) electrons. The molecule has 1 aliphatic rings. The molecule has 1 aliphatic heterocycles. The molecule has 1 amide bonds. The third-order valence-electron chi connectivity index (χ3n) is 5.95. The maximum absolute atomic E-state index is 13.5.